The van der Waals surface area contributed by atoms with Crippen LogP contribution in [-0.4, -0.2) is 4.92 Å². The van der Waals surface area contributed by atoms with Gasteiger partial charge in [0.15, 0.2) is 0 Å². The molecule has 19 heavy (non-hydrogen) atoms. The van der Waals surface area contributed by atoms with Crippen molar-refractivity contribution in [2.45, 2.75) is 0 Å². The van der Waals surface area contributed by atoms with E-state index in [1.807, 2.05) is 12.1 Å². The SMILES string of the molecule is [C]#Cc1ccc(-c2ccc([N+](=O)[O-])cc2)cc1.[Cl-].[Ru+]. The van der Waals surface area contributed by atoms with E-state index in [2.05, 4.69) is 5.92 Å². The predicted octanol–water partition coefficient (Wildman–Crippen LogP) is 0.201. The first-order valence-corrected chi connectivity index (χ1v) is 4.98. The molecule has 0 N–H and O–H groups in total. The standard InChI is InChI=1S/C14H8NO2.ClH.Ru/c1-2-11-3-5-12(6-4-11)13-7-9-14(10-8-13)15(16)17;;/h3-10H;1H;/q;;+1/p-1. The van der Waals surface area contributed by atoms with Crippen molar-refractivity contribution in [1.82, 2.24) is 0 Å². The van der Waals surface area contributed by atoms with E-state index in [4.69, 9.17) is 6.42 Å². The van der Waals surface area contributed by atoms with Gasteiger partial charge in [0.2, 0.25) is 0 Å². The van der Waals surface area contributed by atoms with Crippen molar-refractivity contribution in [3.63, 3.8) is 0 Å². The average Bonchev–Trinajstić information content (AvgIpc) is 2.39. The van der Waals surface area contributed by atoms with Gasteiger partial charge in [0.05, 0.1) is 4.92 Å². The number of hydrogen-bond donors (Lipinski definition) is 0. The molecule has 2 aromatic carbocycles. The van der Waals surface area contributed by atoms with E-state index < -0.39 is 4.92 Å². The summed E-state index contributed by atoms with van der Waals surface area (Å²) in [4.78, 5) is 10.1. The minimum Gasteiger partial charge on any atom is -1.00 e. The summed E-state index contributed by atoms with van der Waals surface area (Å²) >= 11 is 0. The number of halogens is 1. The fraction of sp³-hybridized carbons (Fsp3) is 0. The molecule has 0 aliphatic rings. The molecule has 0 heterocycles. The number of nitro groups is 1. The largest absolute Gasteiger partial charge is 1.00 e. The van der Waals surface area contributed by atoms with Crippen LogP contribution in [0.1, 0.15) is 5.56 Å². The molecule has 2 rings (SSSR count). The molecule has 0 fully saturated rings. The van der Waals surface area contributed by atoms with Gasteiger partial charge in [-0.1, -0.05) is 18.1 Å². The molecule has 0 saturated carbocycles. The zero-order valence-electron chi connectivity index (χ0n) is 9.61. The summed E-state index contributed by atoms with van der Waals surface area (Å²) in [5.74, 6) is 2.29. The summed E-state index contributed by atoms with van der Waals surface area (Å²) in [5.41, 5.74) is 2.65. The van der Waals surface area contributed by atoms with Gasteiger partial charge in [-0.3, -0.25) is 10.1 Å². The second kappa shape index (κ2) is 7.68. The molecule has 0 spiro atoms. The van der Waals surface area contributed by atoms with Crippen molar-refractivity contribution in [1.29, 1.82) is 0 Å². The van der Waals surface area contributed by atoms with E-state index in [0.717, 1.165) is 11.1 Å². The number of hydrogen-bond acceptors (Lipinski definition) is 2. The molecule has 0 unspecified atom stereocenters. The van der Waals surface area contributed by atoms with Gasteiger partial charge < -0.3 is 12.4 Å². The van der Waals surface area contributed by atoms with Crippen LogP contribution in [0.3, 0.4) is 0 Å². The summed E-state index contributed by atoms with van der Waals surface area (Å²) in [5, 5.41) is 10.5. The third kappa shape index (κ3) is 4.17. The van der Waals surface area contributed by atoms with Gasteiger partial charge in [-0.25, -0.2) is 0 Å². The van der Waals surface area contributed by atoms with E-state index >= 15 is 0 Å². The Balaban J connectivity index is 0.00000162. The normalized spacial score (nSPS) is 8.58. The zero-order chi connectivity index (χ0) is 12.3. The first-order chi connectivity index (χ1) is 8.20. The summed E-state index contributed by atoms with van der Waals surface area (Å²) in [6.45, 7) is 0. The Morgan fingerprint density at radius 2 is 1.37 bits per heavy atom. The average molecular weight is 359 g/mol. The third-order valence-electron chi connectivity index (χ3n) is 2.44. The minimum atomic E-state index is -0.420. The van der Waals surface area contributed by atoms with E-state index in [9.17, 15) is 10.1 Å². The first-order valence-electron chi connectivity index (χ1n) is 4.98. The molecule has 0 saturated heterocycles. The number of non-ortho nitro benzene ring substituents is 1. The molecule has 0 aromatic heterocycles. The monoisotopic (exact) mass is 359 g/mol. The van der Waals surface area contributed by atoms with Gasteiger partial charge in [0.25, 0.3) is 5.69 Å². The fourth-order valence-corrected chi connectivity index (χ4v) is 1.52. The Hall–Kier alpha value is -1.69. The van der Waals surface area contributed by atoms with Crippen molar-refractivity contribution in [2.24, 2.45) is 0 Å². The Kier molecular flexibility index (Phi) is 7.00. The number of nitro benzene ring substituents is 1. The minimum absolute atomic E-state index is 0. The first kappa shape index (κ1) is 17.3. The Bertz CT molecular complexity index is 588. The molecule has 3 nitrogen and oxygen atoms in total. The zero-order valence-corrected chi connectivity index (χ0v) is 12.1. The van der Waals surface area contributed by atoms with Crippen LogP contribution in [-0.2, 0) is 19.5 Å². The summed E-state index contributed by atoms with van der Waals surface area (Å²) < 4.78 is 0. The second-order valence-electron chi connectivity index (χ2n) is 3.51. The number of benzene rings is 2. The molecule has 0 amide bonds. The van der Waals surface area contributed by atoms with Crippen LogP contribution in [0.15, 0.2) is 48.5 Å². The van der Waals surface area contributed by atoms with Crippen molar-refractivity contribution >= 4 is 5.69 Å². The van der Waals surface area contributed by atoms with Gasteiger partial charge in [-0.05, 0) is 41.8 Å². The van der Waals surface area contributed by atoms with Gasteiger partial charge >= 0.3 is 19.5 Å². The van der Waals surface area contributed by atoms with Crippen molar-refractivity contribution < 1.29 is 36.8 Å². The molecule has 2 aromatic rings. The molecular formula is C14H8ClNO2Ru. The van der Waals surface area contributed by atoms with E-state index in [0.29, 0.717) is 5.56 Å². The van der Waals surface area contributed by atoms with Gasteiger partial charge in [-0.2, -0.15) is 0 Å². The topological polar surface area (TPSA) is 43.1 Å². The number of rotatable bonds is 2. The van der Waals surface area contributed by atoms with Crippen LogP contribution in [0, 0.1) is 22.5 Å². The van der Waals surface area contributed by atoms with Gasteiger partial charge in [0, 0.05) is 17.7 Å². The molecular weight excluding hydrogens is 351 g/mol. The van der Waals surface area contributed by atoms with Gasteiger partial charge in [-0.15, -0.1) is 0 Å². The van der Waals surface area contributed by atoms with Crippen LogP contribution >= 0.6 is 0 Å². The van der Waals surface area contributed by atoms with E-state index in [1.165, 1.54) is 12.1 Å². The molecule has 0 bridgehead atoms. The molecule has 0 atom stereocenters. The van der Waals surface area contributed by atoms with Crippen LogP contribution in [0.5, 0.6) is 0 Å². The maximum atomic E-state index is 10.5. The van der Waals surface area contributed by atoms with Gasteiger partial charge in [0.1, 0.15) is 0 Å². The predicted molar refractivity (Wildman–Crippen MR) is 64.8 cm³/mol. The van der Waals surface area contributed by atoms with Crippen LogP contribution < -0.4 is 12.4 Å². The molecule has 96 valence electrons. The molecule has 0 aliphatic heterocycles. The quantitative estimate of drug-likeness (QED) is 0.333. The van der Waals surface area contributed by atoms with Crippen molar-refractivity contribution in [2.75, 3.05) is 0 Å². The Labute approximate surface area is 130 Å². The summed E-state index contributed by atoms with van der Waals surface area (Å²) in [6, 6.07) is 13.7. The van der Waals surface area contributed by atoms with Crippen LogP contribution in [0.4, 0.5) is 5.69 Å². The van der Waals surface area contributed by atoms with Crippen LogP contribution in [0.25, 0.3) is 11.1 Å². The maximum Gasteiger partial charge on any atom is 1.00 e. The Morgan fingerprint density at radius 1 is 0.947 bits per heavy atom. The van der Waals surface area contributed by atoms with E-state index in [-0.39, 0.29) is 37.6 Å². The number of nitrogens with zero attached hydrogens (tertiary/aromatic N) is 1. The second-order valence-corrected chi connectivity index (χ2v) is 3.51. The van der Waals surface area contributed by atoms with Crippen molar-refractivity contribution in [3.8, 4) is 17.0 Å². The Morgan fingerprint density at radius 3 is 1.74 bits per heavy atom. The summed E-state index contributed by atoms with van der Waals surface area (Å²) in [6.07, 6.45) is 6.97. The van der Waals surface area contributed by atoms with Crippen molar-refractivity contribution in [3.05, 3.63) is 70.6 Å². The fourth-order valence-electron chi connectivity index (χ4n) is 1.52. The van der Waals surface area contributed by atoms with E-state index in [1.54, 1.807) is 24.3 Å². The summed E-state index contributed by atoms with van der Waals surface area (Å²) in [7, 11) is 0. The van der Waals surface area contributed by atoms with Crippen LogP contribution in [0.2, 0.25) is 0 Å². The maximum absolute atomic E-state index is 10.5. The molecule has 0 aliphatic carbocycles. The smallest absolute Gasteiger partial charge is 1.00 e. The molecule has 2 radical (unpaired) electrons. The molecule has 5 heteroatoms. The third-order valence-corrected chi connectivity index (χ3v) is 2.44.